The third kappa shape index (κ3) is 6.55. The fourth-order valence-electron chi connectivity index (χ4n) is 3.82. The normalized spacial score (nSPS) is 11.4. The molecule has 4 rings (SSSR count). The Morgan fingerprint density at radius 1 is 1.03 bits per heavy atom. The van der Waals surface area contributed by atoms with Gasteiger partial charge in [0.1, 0.15) is 16.3 Å². The first kappa shape index (κ1) is 30.8. The molecule has 0 saturated heterocycles. The number of aryl methyl sites for hydroxylation is 1. The quantitative estimate of drug-likeness (QED) is 0.189. The van der Waals surface area contributed by atoms with Gasteiger partial charge >= 0.3 is 29.6 Å². The van der Waals surface area contributed by atoms with Gasteiger partial charge in [-0.15, -0.1) is 5.11 Å². The van der Waals surface area contributed by atoms with Gasteiger partial charge in [0.25, 0.3) is 16.0 Å². The van der Waals surface area contributed by atoms with E-state index in [1.54, 1.807) is 43.3 Å². The molecule has 0 spiro atoms. The summed E-state index contributed by atoms with van der Waals surface area (Å²) in [5.41, 5.74) is 0.0488. The number of hydrogen-bond donors (Lipinski definition) is 2. The van der Waals surface area contributed by atoms with Crippen molar-refractivity contribution in [2.45, 2.75) is 18.2 Å². The summed E-state index contributed by atoms with van der Waals surface area (Å²) < 4.78 is 39.0. The first-order valence-electron chi connectivity index (χ1n) is 11.1. The number of carbonyl (C=O) groups excluding carboxylic acids is 1. The number of anilines is 1. The van der Waals surface area contributed by atoms with Crippen molar-refractivity contribution in [1.82, 2.24) is 0 Å². The number of azo groups is 1. The van der Waals surface area contributed by atoms with E-state index in [1.165, 1.54) is 31.4 Å². The largest absolute Gasteiger partial charge is 1.00 e. The molecule has 0 saturated carbocycles. The van der Waals surface area contributed by atoms with Gasteiger partial charge in [-0.1, -0.05) is 66.2 Å². The summed E-state index contributed by atoms with van der Waals surface area (Å²) >= 11 is 12.3. The maximum absolute atomic E-state index is 13.5. The second kappa shape index (κ2) is 12.6. The predicted octanol–water partition coefficient (Wildman–Crippen LogP) is 3.71. The van der Waals surface area contributed by atoms with Gasteiger partial charge in [-0.3, -0.25) is 9.35 Å². The van der Waals surface area contributed by atoms with Crippen molar-refractivity contribution < 1.29 is 57.2 Å². The number of methoxy groups -OCH3 is 1. The zero-order valence-electron chi connectivity index (χ0n) is 21.0. The van der Waals surface area contributed by atoms with Crippen molar-refractivity contribution in [3.8, 4) is 11.5 Å². The van der Waals surface area contributed by atoms with E-state index in [-0.39, 0.29) is 62.2 Å². The molecule has 4 aromatic rings. The summed E-state index contributed by atoms with van der Waals surface area (Å²) in [6, 6.07) is 15.6. The second-order valence-electron chi connectivity index (χ2n) is 8.04. The first-order valence-corrected chi connectivity index (χ1v) is 13.3. The number of carbonyl (C=O) groups is 1. The summed E-state index contributed by atoms with van der Waals surface area (Å²) in [6.45, 7) is 1.75. The second-order valence-corrected chi connectivity index (χ2v) is 10.2. The Kier molecular flexibility index (Phi) is 10.0. The van der Waals surface area contributed by atoms with Crippen LogP contribution in [0.3, 0.4) is 0 Å². The number of benzene rings is 4. The monoisotopic (exact) mass is 595 g/mol. The van der Waals surface area contributed by atoms with Gasteiger partial charge in [-0.25, -0.2) is 0 Å². The molecule has 0 heterocycles. The maximum Gasteiger partial charge on any atom is 1.00 e. The summed E-state index contributed by atoms with van der Waals surface area (Å²) in [5, 5.41) is 25.0. The molecule has 0 aromatic heterocycles. The molecule has 2 N–H and O–H groups in total. The van der Waals surface area contributed by atoms with Gasteiger partial charge < -0.3 is 15.2 Å². The van der Waals surface area contributed by atoms with E-state index in [1.807, 2.05) is 0 Å². The van der Waals surface area contributed by atoms with Crippen LogP contribution in [0.1, 0.15) is 22.8 Å². The molecule has 0 aliphatic carbocycles. The summed E-state index contributed by atoms with van der Waals surface area (Å²) in [4.78, 5) is 12.5. The van der Waals surface area contributed by atoms with Crippen LogP contribution in [0.5, 0.6) is 11.5 Å². The fraction of sp³-hybridized carbons (Fsp3) is 0.115. The summed E-state index contributed by atoms with van der Waals surface area (Å²) in [6.07, 6.45) is 0.337. The molecular weight excluding hydrogens is 576 g/mol. The number of ether oxygens (including phenoxy) is 1. The van der Waals surface area contributed by atoms with Crippen molar-refractivity contribution in [3.05, 3.63) is 81.8 Å². The van der Waals surface area contributed by atoms with E-state index in [0.717, 1.165) is 0 Å². The maximum atomic E-state index is 13.5. The molecule has 1 amide bonds. The van der Waals surface area contributed by atoms with E-state index in [0.29, 0.717) is 28.5 Å². The minimum absolute atomic E-state index is 0. The van der Waals surface area contributed by atoms with Crippen LogP contribution in [0, 0.1) is 0 Å². The van der Waals surface area contributed by atoms with Crippen LogP contribution < -0.4 is 44.7 Å². The van der Waals surface area contributed by atoms with E-state index in [2.05, 4.69) is 15.5 Å². The van der Waals surface area contributed by atoms with Gasteiger partial charge in [0.05, 0.1) is 28.5 Å². The van der Waals surface area contributed by atoms with Crippen molar-refractivity contribution in [3.63, 3.8) is 0 Å². The molecule has 0 atom stereocenters. The van der Waals surface area contributed by atoms with Gasteiger partial charge in [-0.2, -0.15) is 13.5 Å². The SMILES string of the molecule is CCc1ccc(Cl)c(S(=O)(=O)O)c1N=Nc1c([O-])c(C(=O)Nc2ccc(OC)cc2Cl)cc2ccccc12.[Na+]. The number of nitrogens with one attached hydrogen (secondary N) is 1. The van der Waals surface area contributed by atoms with Crippen LogP contribution in [0.25, 0.3) is 10.8 Å². The number of halogens is 2. The molecule has 39 heavy (non-hydrogen) atoms. The fourth-order valence-corrected chi connectivity index (χ4v) is 5.21. The molecule has 0 aliphatic rings. The van der Waals surface area contributed by atoms with Gasteiger partial charge in [-0.05, 0) is 41.6 Å². The first-order chi connectivity index (χ1) is 18.0. The number of rotatable bonds is 7. The molecule has 4 aromatic carbocycles. The van der Waals surface area contributed by atoms with Crippen LogP contribution in [-0.2, 0) is 16.5 Å². The van der Waals surface area contributed by atoms with Crippen molar-refractivity contribution >= 4 is 67.1 Å². The Morgan fingerprint density at radius 3 is 2.36 bits per heavy atom. The molecule has 9 nitrogen and oxygen atoms in total. The van der Waals surface area contributed by atoms with Crippen molar-refractivity contribution in [2.75, 3.05) is 12.4 Å². The molecule has 0 radical (unpaired) electrons. The molecule has 0 bridgehead atoms. The van der Waals surface area contributed by atoms with Gasteiger partial charge in [0, 0.05) is 17.0 Å². The number of fused-ring (bicyclic) bond motifs is 1. The molecule has 0 fully saturated rings. The number of nitrogens with zero attached hydrogens (tertiary/aromatic N) is 2. The van der Waals surface area contributed by atoms with E-state index in [9.17, 15) is 22.9 Å². The molecular formula is C26H20Cl2N3NaO6S. The summed E-state index contributed by atoms with van der Waals surface area (Å²) in [5.74, 6) is -0.995. The van der Waals surface area contributed by atoms with Crippen LogP contribution >= 0.6 is 23.2 Å². The van der Waals surface area contributed by atoms with E-state index >= 15 is 0 Å². The van der Waals surface area contributed by atoms with Crippen LogP contribution in [0.15, 0.2) is 75.8 Å². The number of hydrogen-bond acceptors (Lipinski definition) is 7. The zero-order chi connectivity index (χ0) is 27.6. The Morgan fingerprint density at radius 2 is 1.72 bits per heavy atom. The minimum atomic E-state index is -4.77. The smallest absolute Gasteiger partial charge is 0.870 e. The molecule has 0 aliphatic heterocycles. The van der Waals surface area contributed by atoms with Crippen LogP contribution in [-0.4, -0.2) is 26.0 Å². The third-order valence-electron chi connectivity index (χ3n) is 5.70. The van der Waals surface area contributed by atoms with E-state index < -0.39 is 26.7 Å². The zero-order valence-corrected chi connectivity index (χ0v) is 25.4. The Labute approximate surface area is 256 Å². The van der Waals surface area contributed by atoms with E-state index in [4.69, 9.17) is 27.9 Å². The van der Waals surface area contributed by atoms with Gasteiger partial charge in [0.15, 0.2) is 0 Å². The average molecular weight is 596 g/mol. The third-order valence-corrected chi connectivity index (χ3v) is 7.37. The molecule has 0 unspecified atom stereocenters. The number of amides is 1. The van der Waals surface area contributed by atoms with Crippen molar-refractivity contribution in [1.29, 1.82) is 0 Å². The molecule has 13 heteroatoms. The van der Waals surface area contributed by atoms with Gasteiger partial charge in [0.2, 0.25) is 0 Å². The standard InChI is InChI=1S/C26H21Cl2N3O6S.Na/c1-3-14-8-10-19(27)25(38(34,35)36)22(14)30-31-23-17-7-5-4-6-15(17)12-18(24(23)32)26(33)29-21-11-9-16(37-2)13-20(21)28;/h4-13,32H,3H2,1-2H3,(H,29,33)(H,34,35,36);/q;+1/p-1. The summed E-state index contributed by atoms with van der Waals surface area (Å²) in [7, 11) is -3.29. The minimum Gasteiger partial charge on any atom is -0.870 e. The topological polar surface area (TPSA) is 140 Å². The van der Waals surface area contributed by atoms with Crippen molar-refractivity contribution in [2.24, 2.45) is 10.2 Å². The predicted molar refractivity (Wildman–Crippen MR) is 144 cm³/mol. The van der Waals surface area contributed by atoms with Crippen LogP contribution in [0.4, 0.5) is 17.1 Å². The Balaban J connectivity index is 0.00000420. The average Bonchev–Trinajstić information content (AvgIpc) is 2.88. The van der Waals surface area contributed by atoms with Crippen LogP contribution in [0.2, 0.25) is 10.0 Å². The molecule has 196 valence electrons. The Hall–Kier alpha value is -2.70. The Bertz CT molecular complexity index is 1710.